The standard InChI is InChI=1S/C21H15F5O/c1-12-3-8-17(20(24)9-12)14-4-6-15(7-5-14)21(25,26)27-16-10-18(22)13(2)19(23)11-16/h3-11H,1-2H3. The van der Waals surface area contributed by atoms with Crippen molar-refractivity contribution in [2.45, 2.75) is 20.0 Å². The Bertz CT molecular complexity index is 957. The third-order valence-electron chi connectivity index (χ3n) is 4.16. The molecule has 3 aromatic rings. The maximum absolute atomic E-state index is 14.3. The molecule has 3 rings (SSSR count). The highest BCUT2D eigenvalue weighted by Crippen LogP contribution is 2.34. The summed E-state index contributed by atoms with van der Waals surface area (Å²) < 4.78 is 74.2. The van der Waals surface area contributed by atoms with Gasteiger partial charge in [0.1, 0.15) is 23.2 Å². The van der Waals surface area contributed by atoms with Crippen LogP contribution in [0, 0.1) is 31.3 Å². The van der Waals surface area contributed by atoms with Crippen molar-refractivity contribution in [3.05, 3.63) is 88.7 Å². The van der Waals surface area contributed by atoms with Crippen LogP contribution in [0.1, 0.15) is 16.7 Å². The van der Waals surface area contributed by atoms with Crippen molar-refractivity contribution in [2.75, 3.05) is 0 Å². The van der Waals surface area contributed by atoms with E-state index in [1.807, 2.05) is 0 Å². The Balaban J connectivity index is 1.87. The molecule has 27 heavy (non-hydrogen) atoms. The summed E-state index contributed by atoms with van der Waals surface area (Å²) in [6, 6.07) is 10.8. The van der Waals surface area contributed by atoms with Crippen LogP contribution in [-0.2, 0) is 6.11 Å². The highest BCUT2D eigenvalue weighted by Gasteiger charge is 2.35. The molecule has 0 heterocycles. The molecule has 0 fully saturated rings. The minimum atomic E-state index is -3.82. The number of aryl methyl sites for hydroxylation is 1. The zero-order valence-corrected chi connectivity index (χ0v) is 14.5. The zero-order valence-electron chi connectivity index (χ0n) is 14.5. The summed E-state index contributed by atoms with van der Waals surface area (Å²) in [6.07, 6.45) is -3.82. The molecule has 0 unspecified atom stereocenters. The van der Waals surface area contributed by atoms with Crippen molar-refractivity contribution in [3.63, 3.8) is 0 Å². The van der Waals surface area contributed by atoms with Gasteiger partial charge >= 0.3 is 6.11 Å². The lowest BCUT2D eigenvalue weighted by molar-refractivity contribution is -0.185. The van der Waals surface area contributed by atoms with Crippen LogP contribution in [0.15, 0.2) is 54.6 Å². The monoisotopic (exact) mass is 378 g/mol. The molecule has 0 aliphatic rings. The van der Waals surface area contributed by atoms with E-state index in [4.69, 9.17) is 0 Å². The molecule has 0 amide bonds. The SMILES string of the molecule is Cc1ccc(-c2ccc(C(F)(F)Oc3cc(F)c(C)c(F)c3)cc2)c(F)c1. The molecule has 0 aliphatic heterocycles. The predicted molar refractivity (Wildman–Crippen MR) is 92.2 cm³/mol. The zero-order chi connectivity index (χ0) is 19.8. The Kier molecular flexibility index (Phi) is 4.91. The Morgan fingerprint density at radius 3 is 1.89 bits per heavy atom. The van der Waals surface area contributed by atoms with Gasteiger partial charge in [-0.05, 0) is 43.2 Å². The molecule has 0 aliphatic carbocycles. The van der Waals surface area contributed by atoms with Crippen molar-refractivity contribution in [1.82, 2.24) is 0 Å². The van der Waals surface area contributed by atoms with Crippen molar-refractivity contribution in [2.24, 2.45) is 0 Å². The lowest BCUT2D eigenvalue weighted by atomic mass is 10.0. The minimum absolute atomic E-state index is 0.277. The molecular formula is C21H15F5O. The molecular weight excluding hydrogens is 363 g/mol. The van der Waals surface area contributed by atoms with Crippen LogP contribution in [0.4, 0.5) is 22.0 Å². The van der Waals surface area contributed by atoms with E-state index in [0.29, 0.717) is 17.7 Å². The van der Waals surface area contributed by atoms with E-state index in [0.717, 1.165) is 17.7 Å². The van der Waals surface area contributed by atoms with Crippen LogP contribution in [0.3, 0.4) is 0 Å². The lowest BCUT2D eigenvalue weighted by Gasteiger charge is -2.19. The highest BCUT2D eigenvalue weighted by atomic mass is 19.3. The minimum Gasteiger partial charge on any atom is -0.429 e. The lowest BCUT2D eigenvalue weighted by Crippen LogP contribution is -2.22. The van der Waals surface area contributed by atoms with Crippen molar-refractivity contribution in [1.29, 1.82) is 0 Å². The Morgan fingerprint density at radius 2 is 1.33 bits per heavy atom. The molecule has 0 atom stereocenters. The molecule has 0 aromatic heterocycles. The largest absolute Gasteiger partial charge is 0.429 e. The molecule has 0 spiro atoms. The maximum Gasteiger partial charge on any atom is 0.426 e. The van der Waals surface area contributed by atoms with Gasteiger partial charge in [0.2, 0.25) is 0 Å². The Hall–Kier alpha value is -2.89. The van der Waals surface area contributed by atoms with E-state index < -0.39 is 34.9 Å². The summed E-state index contributed by atoms with van der Waals surface area (Å²) in [5, 5.41) is 0. The number of benzene rings is 3. The van der Waals surface area contributed by atoms with E-state index in [1.54, 1.807) is 19.1 Å². The first-order valence-corrected chi connectivity index (χ1v) is 8.07. The first-order valence-electron chi connectivity index (χ1n) is 8.07. The molecule has 0 bridgehead atoms. The first kappa shape index (κ1) is 18.9. The normalized spacial score (nSPS) is 11.5. The summed E-state index contributed by atoms with van der Waals surface area (Å²) in [4.78, 5) is 0. The quantitative estimate of drug-likeness (QED) is 0.470. The molecule has 0 N–H and O–H groups in total. The topological polar surface area (TPSA) is 9.23 Å². The number of halogens is 5. The second-order valence-corrected chi connectivity index (χ2v) is 6.19. The van der Waals surface area contributed by atoms with Gasteiger partial charge in [0, 0.05) is 23.3 Å². The van der Waals surface area contributed by atoms with E-state index >= 15 is 0 Å². The summed E-state index contributed by atoms with van der Waals surface area (Å²) in [7, 11) is 0. The van der Waals surface area contributed by atoms with Gasteiger partial charge in [-0.15, -0.1) is 0 Å². The van der Waals surface area contributed by atoms with Crippen LogP contribution in [0.5, 0.6) is 5.75 Å². The van der Waals surface area contributed by atoms with Gasteiger partial charge in [-0.25, -0.2) is 13.2 Å². The first-order chi connectivity index (χ1) is 12.7. The number of hydrogen-bond donors (Lipinski definition) is 0. The van der Waals surface area contributed by atoms with Gasteiger partial charge in [0.05, 0.1) is 5.56 Å². The van der Waals surface area contributed by atoms with Gasteiger partial charge in [0.15, 0.2) is 0 Å². The van der Waals surface area contributed by atoms with Crippen LogP contribution < -0.4 is 4.74 Å². The summed E-state index contributed by atoms with van der Waals surface area (Å²) >= 11 is 0. The maximum atomic E-state index is 14.3. The second-order valence-electron chi connectivity index (χ2n) is 6.19. The van der Waals surface area contributed by atoms with Crippen LogP contribution >= 0.6 is 0 Å². The molecule has 140 valence electrons. The van der Waals surface area contributed by atoms with Crippen LogP contribution in [0.2, 0.25) is 0 Å². The third-order valence-corrected chi connectivity index (χ3v) is 4.16. The number of hydrogen-bond acceptors (Lipinski definition) is 1. The number of ether oxygens (including phenoxy) is 1. The molecule has 6 heteroatoms. The third kappa shape index (κ3) is 3.94. The smallest absolute Gasteiger partial charge is 0.426 e. The average molecular weight is 378 g/mol. The molecule has 1 nitrogen and oxygen atoms in total. The summed E-state index contributed by atoms with van der Waals surface area (Å²) in [5.41, 5.74) is 0.624. The van der Waals surface area contributed by atoms with Crippen LogP contribution in [0.25, 0.3) is 11.1 Å². The van der Waals surface area contributed by atoms with Gasteiger partial charge in [-0.2, -0.15) is 8.78 Å². The van der Waals surface area contributed by atoms with Crippen molar-refractivity contribution < 1.29 is 26.7 Å². The molecule has 0 saturated heterocycles. The number of rotatable bonds is 4. The predicted octanol–water partition coefficient (Wildman–Crippen LogP) is 6.52. The molecule has 0 radical (unpaired) electrons. The average Bonchev–Trinajstić information content (AvgIpc) is 2.59. The van der Waals surface area contributed by atoms with Gasteiger partial charge in [-0.3, -0.25) is 0 Å². The molecule has 0 saturated carbocycles. The van der Waals surface area contributed by atoms with Gasteiger partial charge in [-0.1, -0.05) is 24.3 Å². The van der Waals surface area contributed by atoms with Crippen LogP contribution in [-0.4, -0.2) is 0 Å². The summed E-state index contributed by atoms with van der Waals surface area (Å²) in [6.45, 7) is 2.93. The van der Waals surface area contributed by atoms with Crippen molar-refractivity contribution in [3.8, 4) is 16.9 Å². The fourth-order valence-electron chi connectivity index (χ4n) is 2.59. The molecule has 3 aromatic carbocycles. The Labute approximate surface area is 153 Å². The van der Waals surface area contributed by atoms with E-state index in [1.165, 1.54) is 25.1 Å². The highest BCUT2D eigenvalue weighted by molar-refractivity contribution is 5.64. The van der Waals surface area contributed by atoms with E-state index in [-0.39, 0.29) is 11.1 Å². The second kappa shape index (κ2) is 7.02. The fourth-order valence-corrected chi connectivity index (χ4v) is 2.59. The van der Waals surface area contributed by atoms with E-state index in [9.17, 15) is 22.0 Å². The van der Waals surface area contributed by atoms with Gasteiger partial charge < -0.3 is 4.74 Å². The summed E-state index contributed by atoms with van der Waals surface area (Å²) in [5.74, 6) is -3.05. The number of alkyl halides is 2. The Morgan fingerprint density at radius 1 is 0.741 bits per heavy atom. The van der Waals surface area contributed by atoms with Crippen molar-refractivity contribution >= 4 is 0 Å². The fraction of sp³-hybridized carbons (Fsp3) is 0.143. The van der Waals surface area contributed by atoms with Gasteiger partial charge in [0.25, 0.3) is 0 Å². The van der Waals surface area contributed by atoms with E-state index in [2.05, 4.69) is 4.74 Å².